The highest BCUT2D eigenvalue weighted by Crippen LogP contribution is 2.32. The van der Waals surface area contributed by atoms with E-state index in [1.165, 1.54) is 0 Å². The van der Waals surface area contributed by atoms with E-state index in [9.17, 15) is 18.4 Å². The van der Waals surface area contributed by atoms with Gasteiger partial charge in [-0.1, -0.05) is 27.4 Å². The summed E-state index contributed by atoms with van der Waals surface area (Å²) < 4.78 is 30.2. The lowest BCUT2D eigenvalue weighted by molar-refractivity contribution is -0.126. The third kappa shape index (κ3) is 6.05. The van der Waals surface area contributed by atoms with Gasteiger partial charge in [0, 0.05) is 36.6 Å². The zero-order valence-corrected chi connectivity index (χ0v) is 22.5. The molecule has 2 atom stereocenters. The molecule has 1 saturated heterocycles. The van der Waals surface area contributed by atoms with Gasteiger partial charge in [0.05, 0.1) is 17.1 Å². The van der Waals surface area contributed by atoms with Gasteiger partial charge in [-0.2, -0.15) is 0 Å². The number of imidazole rings is 1. The number of para-hydroxylation sites is 1. The summed E-state index contributed by atoms with van der Waals surface area (Å²) in [6.45, 7) is 3.75. The maximum Gasteiger partial charge on any atom is 0.258 e. The molecule has 4 rings (SSSR count). The van der Waals surface area contributed by atoms with Crippen LogP contribution in [0.5, 0.6) is 0 Å². The van der Waals surface area contributed by atoms with Gasteiger partial charge in [-0.05, 0) is 64.0 Å². The van der Waals surface area contributed by atoms with Gasteiger partial charge in [0.1, 0.15) is 11.6 Å². The van der Waals surface area contributed by atoms with E-state index in [2.05, 4.69) is 10.3 Å². The minimum absolute atomic E-state index is 0.0519. The number of rotatable bonds is 6. The van der Waals surface area contributed by atoms with Crippen molar-refractivity contribution in [2.75, 3.05) is 39.0 Å². The van der Waals surface area contributed by atoms with Crippen molar-refractivity contribution < 1.29 is 18.4 Å². The van der Waals surface area contributed by atoms with Crippen LogP contribution in [0.1, 0.15) is 41.2 Å². The molecule has 2 unspecified atom stereocenters. The Kier molecular flexibility index (Phi) is 8.35. The molecule has 0 spiro atoms. The summed E-state index contributed by atoms with van der Waals surface area (Å²) >= 11 is 0. The van der Waals surface area contributed by atoms with E-state index in [4.69, 9.17) is 0 Å². The predicted molar refractivity (Wildman–Crippen MR) is 145 cm³/mol. The third-order valence-corrected chi connectivity index (χ3v) is 7.08. The first-order valence-corrected chi connectivity index (χ1v) is 12.9. The maximum absolute atomic E-state index is 14.1. The van der Waals surface area contributed by atoms with Crippen molar-refractivity contribution in [2.24, 2.45) is 0 Å². The average molecular weight is 528 g/mol. The number of nitrogens with one attached hydrogen (secondary N) is 1. The molecule has 1 N–H and O–H groups in total. The number of halogens is 2. The molecule has 7 nitrogen and oxygen atoms in total. The quantitative estimate of drug-likeness (QED) is 0.388. The van der Waals surface area contributed by atoms with E-state index in [0.29, 0.717) is 25.2 Å². The second kappa shape index (κ2) is 11.5. The first kappa shape index (κ1) is 26.9. The van der Waals surface area contributed by atoms with Crippen LogP contribution >= 0.6 is 9.24 Å². The molecule has 2 heterocycles. The van der Waals surface area contributed by atoms with Gasteiger partial charge >= 0.3 is 0 Å². The number of likely N-dealkylation sites (tertiary alicyclic amines) is 1. The molecule has 2 amide bonds. The second-order valence-corrected chi connectivity index (χ2v) is 10.2. The summed E-state index contributed by atoms with van der Waals surface area (Å²) in [5.41, 5.74) is 2.39. The highest BCUT2D eigenvalue weighted by molar-refractivity contribution is 7.27. The standard InChI is InChI=1S/C27H32F2N5O2P/c1-17-8-6-10-22-24(17)34(19-9-4-5-13-33(16-19)23(35)11-7-12-32(2)3)27(30-22)31-26(36)18-14-20(28)25(37)21(29)15-18/h6-8,10-11,14-15,19H,4-5,9,12-13,16,37H2,1-3H3,(H,30,31,36)/b11-7+. The summed E-state index contributed by atoms with van der Waals surface area (Å²) in [5.74, 6) is -2.07. The molecule has 10 heteroatoms. The number of amides is 2. The molecule has 2 aromatic carbocycles. The average Bonchev–Trinajstić information content (AvgIpc) is 3.04. The summed E-state index contributed by atoms with van der Waals surface area (Å²) in [6.07, 6.45) is 6.03. The zero-order valence-electron chi connectivity index (χ0n) is 21.3. The van der Waals surface area contributed by atoms with E-state index in [0.717, 1.165) is 42.5 Å². The van der Waals surface area contributed by atoms with Crippen molar-refractivity contribution in [2.45, 2.75) is 32.2 Å². The molecular weight excluding hydrogens is 495 g/mol. The Hall–Kier alpha value is -3.16. The van der Waals surface area contributed by atoms with E-state index < -0.39 is 17.5 Å². The number of hydrogen-bond donors (Lipinski definition) is 1. The van der Waals surface area contributed by atoms with Gasteiger partial charge in [-0.25, -0.2) is 13.8 Å². The summed E-state index contributed by atoms with van der Waals surface area (Å²) in [4.78, 5) is 34.5. The van der Waals surface area contributed by atoms with Gasteiger partial charge in [-0.3, -0.25) is 14.9 Å². The van der Waals surface area contributed by atoms with Gasteiger partial charge in [0.25, 0.3) is 5.91 Å². The van der Waals surface area contributed by atoms with Crippen molar-refractivity contribution in [3.63, 3.8) is 0 Å². The Morgan fingerprint density at radius 3 is 2.65 bits per heavy atom. The number of nitrogens with zero attached hydrogens (tertiary/aromatic N) is 4. The predicted octanol–water partition coefficient (Wildman–Crippen LogP) is 4.05. The molecule has 1 aliphatic rings. The third-order valence-electron chi connectivity index (χ3n) is 6.53. The van der Waals surface area contributed by atoms with Crippen LogP contribution in [0.25, 0.3) is 11.0 Å². The Balaban J connectivity index is 1.69. The van der Waals surface area contributed by atoms with Crippen LogP contribution in [0.4, 0.5) is 14.7 Å². The van der Waals surface area contributed by atoms with Crippen LogP contribution in [-0.2, 0) is 4.79 Å². The van der Waals surface area contributed by atoms with Crippen LogP contribution in [0.2, 0.25) is 0 Å². The molecular formula is C27H32F2N5O2P. The normalized spacial score (nSPS) is 16.5. The number of carbonyl (C=O) groups excluding carboxylic acids is 2. The van der Waals surface area contributed by atoms with Crippen LogP contribution in [0.3, 0.4) is 0 Å². The Morgan fingerprint density at radius 2 is 1.95 bits per heavy atom. The zero-order chi connectivity index (χ0) is 26.7. The number of anilines is 1. The molecule has 196 valence electrons. The van der Waals surface area contributed by atoms with Crippen molar-refractivity contribution in [3.8, 4) is 0 Å². The Labute approximate surface area is 217 Å². The molecule has 1 aliphatic heterocycles. The largest absolute Gasteiger partial charge is 0.337 e. The lowest BCUT2D eigenvalue weighted by atomic mass is 10.1. The highest BCUT2D eigenvalue weighted by Gasteiger charge is 2.27. The van der Waals surface area contributed by atoms with Crippen LogP contribution in [-0.4, -0.2) is 64.9 Å². The minimum atomic E-state index is -0.820. The summed E-state index contributed by atoms with van der Waals surface area (Å²) in [5, 5.41) is 2.56. The van der Waals surface area contributed by atoms with Crippen LogP contribution < -0.4 is 10.6 Å². The van der Waals surface area contributed by atoms with Gasteiger partial charge < -0.3 is 14.4 Å². The summed E-state index contributed by atoms with van der Waals surface area (Å²) in [7, 11) is 5.88. The van der Waals surface area contributed by atoms with Gasteiger partial charge in [0.2, 0.25) is 11.9 Å². The molecule has 37 heavy (non-hydrogen) atoms. The lowest BCUT2D eigenvalue weighted by Crippen LogP contribution is -2.35. The molecule has 3 aromatic rings. The minimum Gasteiger partial charge on any atom is -0.337 e. The number of benzene rings is 2. The Morgan fingerprint density at radius 1 is 1.22 bits per heavy atom. The first-order chi connectivity index (χ1) is 17.7. The SMILES string of the molecule is Cc1cccc2nc(NC(=O)c3cc(F)c(P)c(F)c3)n(C3CCCCN(C(=O)/C=C/CN(C)C)C3)c12. The number of aromatic nitrogens is 2. The van der Waals surface area contributed by atoms with Gasteiger partial charge in [0.15, 0.2) is 0 Å². The number of likely N-dealkylation sites (N-methyl/N-ethyl adjacent to an activating group) is 1. The first-order valence-electron chi connectivity index (χ1n) is 12.3. The van der Waals surface area contributed by atoms with E-state index in [1.54, 1.807) is 6.08 Å². The lowest BCUT2D eigenvalue weighted by Gasteiger charge is -2.26. The maximum atomic E-state index is 14.1. The van der Waals surface area contributed by atoms with Crippen LogP contribution in [0.15, 0.2) is 42.5 Å². The number of aryl methyl sites for hydroxylation is 1. The molecule has 0 bridgehead atoms. The van der Waals surface area contributed by atoms with E-state index >= 15 is 0 Å². The topological polar surface area (TPSA) is 70.5 Å². The van der Waals surface area contributed by atoms with Crippen LogP contribution in [0, 0.1) is 18.6 Å². The molecule has 1 fully saturated rings. The van der Waals surface area contributed by atoms with E-state index in [1.807, 2.05) is 68.9 Å². The van der Waals surface area contributed by atoms with E-state index in [-0.39, 0.29) is 28.8 Å². The van der Waals surface area contributed by atoms with Crippen molar-refractivity contribution in [3.05, 3.63) is 65.2 Å². The molecule has 0 radical (unpaired) electrons. The van der Waals surface area contributed by atoms with Crippen molar-refractivity contribution >= 4 is 43.3 Å². The molecule has 0 aliphatic carbocycles. The second-order valence-electron chi connectivity index (χ2n) is 9.65. The fourth-order valence-electron chi connectivity index (χ4n) is 4.65. The highest BCUT2D eigenvalue weighted by atomic mass is 31.0. The number of fused-ring (bicyclic) bond motifs is 1. The fourth-order valence-corrected chi connectivity index (χ4v) is 4.82. The number of carbonyl (C=O) groups is 2. The van der Waals surface area contributed by atoms with Gasteiger partial charge in [-0.15, -0.1) is 0 Å². The fraction of sp³-hybridized carbons (Fsp3) is 0.370. The van der Waals surface area contributed by atoms with Crippen molar-refractivity contribution in [1.82, 2.24) is 19.4 Å². The van der Waals surface area contributed by atoms with Crippen molar-refractivity contribution in [1.29, 1.82) is 0 Å². The molecule has 1 aromatic heterocycles. The summed E-state index contributed by atoms with van der Waals surface area (Å²) in [6, 6.07) is 7.59. The Bertz CT molecular complexity index is 1330. The monoisotopic (exact) mass is 527 g/mol. The molecule has 0 saturated carbocycles. The number of hydrogen-bond acceptors (Lipinski definition) is 4. The smallest absolute Gasteiger partial charge is 0.258 e.